The number of carbonyl (C=O) groups excluding carboxylic acids is 1. The Morgan fingerprint density at radius 2 is 1.86 bits per heavy atom. The molecule has 7 heteroatoms. The van der Waals surface area contributed by atoms with Gasteiger partial charge in [0.15, 0.2) is 0 Å². The first-order valence-corrected chi connectivity index (χ1v) is 11.7. The third kappa shape index (κ3) is 3.25. The fourth-order valence-corrected chi connectivity index (χ4v) is 7.10. The van der Waals surface area contributed by atoms with Gasteiger partial charge in [0.25, 0.3) is 0 Å². The van der Waals surface area contributed by atoms with E-state index in [2.05, 4.69) is 30.7 Å². The molecule has 4 aliphatic rings. The SMILES string of the molecule is CCCN1C(=O)CC2(CCN(C3CC4(CCN(C(=O)O)C4)C3CC)CC2)N1CC. The van der Waals surface area contributed by atoms with Gasteiger partial charge >= 0.3 is 6.09 Å². The summed E-state index contributed by atoms with van der Waals surface area (Å²) in [7, 11) is 0. The van der Waals surface area contributed by atoms with Crippen LogP contribution in [0.15, 0.2) is 0 Å². The Morgan fingerprint density at radius 1 is 1.14 bits per heavy atom. The minimum absolute atomic E-state index is 0.0219. The van der Waals surface area contributed by atoms with Crippen molar-refractivity contribution in [3.63, 3.8) is 0 Å². The molecule has 1 saturated carbocycles. The highest BCUT2D eigenvalue weighted by Gasteiger charge is 2.59. The number of amides is 2. The maximum atomic E-state index is 12.7. The van der Waals surface area contributed by atoms with Crippen LogP contribution in [0.3, 0.4) is 0 Å². The quantitative estimate of drug-likeness (QED) is 0.760. The Labute approximate surface area is 175 Å². The van der Waals surface area contributed by atoms with Crippen molar-refractivity contribution in [1.29, 1.82) is 0 Å². The third-order valence-electron chi connectivity index (χ3n) is 8.50. The van der Waals surface area contributed by atoms with Crippen LogP contribution in [0, 0.1) is 11.3 Å². The van der Waals surface area contributed by atoms with Gasteiger partial charge < -0.3 is 10.0 Å². The van der Waals surface area contributed by atoms with E-state index in [0.29, 0.717) is 30.8 Å². The first kappa shape index (κ1) is 20.9. The number of carbonyl (C=O) groups is 2. The average Bonchev–Trinajstić information content (AvgIpc) is 3.24. The van der Waals surface area contributed by atoms with Crippen LogP contribution in [-0.4, -0.2) is 87.8 Å². The van der Waals surface area contributed by atoms with Gasteiger partial charge in [0.1, 0.15) is 0 Å². The molecule has 3 saturated heterocycles. The van der Waals surface area contributed by atoms with E-state index in [1.165, 1.54) is 0 Å². The zero-order chi connectivity index (χ0) is 20.8. The lowest BCUT2D eigenvalue weighted by molar-refractivity contribution is -0.144. The second-order valence-electron chi connectivity index (χ2n) is 9.77. The zero-order valence-corrected chi connectivity index (χ0v) is 18.4. The molecule has 0 bridgehead atoms. The summed E-state index contributed by atoms with van der Waals surface area (Å²) in [6.07, 6.45) is 6.33. The molecule has 3 heterocycles. The molecule has 0 aromatic heterocycles. The van der Waals surface area contributed by atoms with Crippen LogP contribution in [0.4, 0.5) is 4.79 Å². The predicted molar refractivity (Wildman–Crippen MR) is 111 cm³/mol. The molecule has 164 valence electrons. The van der Waals surface area contributed by atoms with E-state index in [0.717, 1.165) is 71.2 Å². The molecule has 2 spiro atoms. The number of nitrogens with zero attached hydrogens (tertiary/aromatic N) is 4. The monoisotopic (exact) mass is 406 g/mol. The van der Waals surface area contributed by atoms with Gasteiger partial charge in [0.05, 0.1) is 5.54 Å². The summed E-state index contributed by atoms with van der Waals surface area (Å²) in [6, 6.07) is 0.588. The molecular formula is C22H38N4O3. The van der Waals surface area contributed by atoms with Gasteiger partial charge in [0, 0.05) is 51.7 Å². The summed E-state index contributed by atoms with van der Waals surface area (Å²) in [5, 5.41) is 13.8. The number of hydrazine groups is 1. The van der Waals surface area contributed by atoms with Crippen LogP contribution in [-0.2, 0) is 4.79 Å². The van der Waals surface area contributed by atoms with Gasteiger partial charge in [-0.25, -0.2) is 9.80 Å². The summed E-state index contributed by atoms with van der Waals surface area (Å²) in [6.45, 7) is 11.9. The van der Waals surface area contributed by atoms with Crippen LogP contribution in [0.5, 0.6) is 0 Å². The smallest absolute Gasteiger partial charge is 0.407 e. The molecule has 0 aromatic rings. The summed E-state index contributed by atoms with van der Waals surface area (Å²) < 4.78 is 0. The Morgan fingerprint density at radius 3 is 2.41 bits per heavy atom. The second kappa shape index (κ2) is 7.73. The summed E-state index contributed by atoms with van der Waals surface area (Å²) in [4.78, 5) is 28.3. The van der Waals surface area contributed by atoms with Crippen molar-refractivity contribution in [3.8, 4) is 0 Å². The standard InChI is InChI=1S/C22H38N4O3/c1-4-10-25-19(27)15-22(26(25)6-3)8-12-23(13-9-22)18-14-21(17(18)5-2)7-11-24(16-21)20(28)29/h17-18H,4-16H2,1-3H3,(H,28,29). The minimum Gasteiger partial charge on any atom is -0.465 e. The Balaban J connectivity index is 1.39. The van der Waals surface area contributed by atoms with Gasteiger partial charge in [-0.15, -0.1) is 0 Å². The largest absolute Gasteiger partial charge is 0.465 e. The predicted octanol–water partition coefficient (Wildman–Crippen LogP) is 2.87. The fraction of sp³-hybridized carbons (Fsp3) is 0.909. The van der Waals surface area contributed by atoms with Gasteiger partial charge in [-0.05, 0) is 43.4 Å². The van der Waals surface area contributed by atoms with Gasteiger partial charge in [-0.3, -0.25) is 14.7 Å². The molecule has 0 radical (unpaired) electrons. The molecule has 7 nitrogen and oxygen atoms in total. The lowest BCUT2D eigenvalue weighted by atomic mass is 9.54. The fourth-order valence-electron chi connectivity index (χ4n) is 7.10. The molecule has 4 fully saturated rings. The lowest BCUT2D eigenvalue weighted by Gasteiger charge is -2.59. The number of hydrogen-bond acceptors (Lipinski definition) is 4. The van der Waals surface area contributed by atoms with Crippen molar-refractivity contribution in [3.05, 3.63) is 0 Å². The normalized spacial score (nSPS) is 35.1. The van der Waals surface area contributed by atoms with Crippen molar-refractivity contribution in [1.82, 2.24) is 19.8 Å². The van der Waals surface area contributed by atoms with Crippen LogP contribution in [0.25, 0.3) is 0 Å². The van der Waals surface area contributed by atoms with Crippen LogP contribution in [0.2, 0.25) is 0 Å². The van der Waals surface area contributed by atoms with Crippen molar-refractivity contribution in [2.24, 2.45) is 11.3 Å². The van der Waals surface area contributed by atoms with E-state index in [-0.39, 0.29) is 11.0 Å². The highest BCUT2D eigenvalue weighted by atomic mass is 16.4. The van der Waals surface area contributed by atoms with Crippen molar-refractivity contribution >= 4 is 12.0 Å². The minimum atomic E-state index is -0.762. The number of piperidine rings is 1. The highest BCUT2D eigenvalue weighted by Crippen LogP contribution is 2.57. The van der Waals surface area contributed by atoms with Gasteiger partial charge in [-0.1, -0.05) is 27.2 Å². The van der Waals surface area contributed by atoms with Crippen molar-refractivity contribution in [2.45, 2.75) is 77.3 Å². The summed E-state index contributed by atoms with van der Waals surface area (Å²) in [5.74, 6) is 0.904. The highest BCUT2D eigenvalue weighted by molar-refractivity contribution is 5.79. The third-order valence-corrected chi connectivity index (χ3v) is 8.50. The Hall–Kier alpha value is -1.34. The molecule has 1 aliphatic carbocycles. The van der Waals surface area contributed by atoms with Crippen LogP contribution in [0.1, 0.15) is 65.7 Å². The zero-order valence-electron chi connectivity index (χ0n) is 18.4. The number of carboxylic acid groups (broad SMARTS) is 1. The molecule has 29 heavy (non-hydrogen) atoms. The summed E-state index contributed by atoms with van der Waals surface area (Å²) >= 11 is 0. The number of likely N-dealkylation sites (tertiary alicyclic amines) is 2. The first-order chi connectivity index (χ1) is 13.9. The maximum Gasteiger partial charge on any atom is 0.407 e. The van der Waals surface area contributed by atoms with E-state index >= 15 is 0 Å². The van der Waals surface area contributed by atoms with Gasteiger partial charge in [0.2, 0.25) is 5.91 Å². The van der Waals surface area contributed by atoms with E-state index in [4.69, 9.17) is 0 Å². The first-order valence-electron chi connectivity index (χ1n) is 11.7. The molecule has 1 N–H and O–H groups in total. The average molecular weight is 407 g/mol. The maximum absolute atomic E-state index is 12.7. The molecule has 3 unspecified atom stereocenters. The second-order valence-corrected chi connectivity index (χ2v) is 9.77. The van der Waals surface area contributed by atoms with Crippen LogP contribution >= 0.6 is 0 Å². The Bertz CT molecular complexity index is 648. The van der Waals surface area contributed by atoms with Crippen LogP contribution < -0.4 is 0 Å². The summed E-state index contributed by atoms with van der Waals surface area (Å²) in [5.41, 5.74) is 0.234. The molecule has 3 aliphatic heterocycles. The van der Waals surface area contributed by atoms with E-state index in [1.807, 2.05) is 5.01 Å². The van der Waals surface area contributed by atoms with E-state index < -0.39 is 6.09 Å². The molecule has 2 amide bonds. The topological polar surface area (TPSA) is 67.3 Å². The number of rotatable bonds is 5. The molecule has 3 atom stereocenters. The molecule has 0 aromatic carbocycles. The van der Waals surface area contributed by atoms with E-state index in [9.17, 15) is 14.7 Å². The molecular weight excluding hydrogens is 368 g/mol. The Kier molecular flexibility index (Phi) is 5.57. The van der Waals surface area contributed by atoms with E-state index in [1.54, 1.807) is 4.90 Å². The number of hydrogen-bond donors (Lipinski definition) is 1. The lowest BCUT2D eigenvalue weighted by Crippen LogP contribution is -2.64. The van der Waals surface area contributed by atoms with Crippen molar-refractivity contribution < 1.29 is 14.7 Å². The molecule has 4 rings (SSSR count). The van der Waals surface area contributed by atoms with Crippen molar-refractivity contribution in [2.75, 3.05) is 39.3 Å². The van der Waals surface area contributed by atoms with Gasteiger partial charge in [-0.2, -0.15) is 0 Å².